The molecule has 138 valence electrons. The highest BCUT2D eigenvalue weighted by atomic mass is 16.7. The molecule has 0 aliphatic carbocycles. The highest BCUT2D eigenvalue weighted by Gasteiger charge is 2.27. The molecule has 0 bridgehead atoms. The van der Waals surface area contributed by atoms with Crippen LogP contribution in [0.25, 0.3) is 21.9 Å². The van der Waals surface area contributed by atoms with Crippen molar-refractivity contribution >= 4 is 39.2 Å². The number of fused-ring (bicyclic) bond motifs is 4. The second-order valence-electron chi connectivity index (χ2n) is 6.24. The van der Waals surface area contributed by atoms with Crippen molar-refractivity contribution < 1.29 is 23.6 Å². The zero-order chi connectivity index (χ0) is 19.3. The number of furan rings is 1. The van der Waals surface area contributed by atoms with Crippen LogP contribution in [0.1, 0.15) is 10.4 Å². The molecule has 1 amide bonds. The number of nitrogens with one attached hydrogen (secondary N) is 1. The van der Waals surface area contributed by atoms with E-state index in [4.69, 9.17) is 13.9 Å². The van der Waals surface area contributed by atoms with Gasteiger partial charge in [0.2, 0.25) is 6.79 Å². The van der Waals surface area contributed by atoms with Crippen molar-refractivity contribution in [2.45, 2.75) is 0 Å². The molecule has 1 aromatic heterocycles. The number of ether oxygens (including phenoxy) is 2. The molecule has 1 aliphatic rings. The van der Waals surface area contributed by atoms with Gasteiger partial charge in [0.25, 0.3) is 11.6 Å². The lowest BCUT2D eigenvalue weighted by Crippen LogP contribution is -2.14. The third kappa shape index (κ3) is 2.50. The molecule has 0 fully saturated rings. The standard InChI is InChI=1S/C20H12N2O6/c23-20(14-8-18-19(27-10-26-18)9-15(14)22(24)25)21-11-5-6-17-13(7-11)12-3-1-2-4-16(12)28-17/h1-9H,10H2,(H,21,23). The fraction of sp³-hybridized carbons (Fsp3) is 0.0500. The van der Waals surface area contributed by atoms with Crippen LogP contribution in [0.5, 0.6) is 11.5 Å². The van der Waals surface area contributed by atoms with E-state index >= 15 is 0 Å². The molecular weight excluding hydrogens is 364 g/mol. The summed E-state index contributed by atoms with van der Waals surface area (Å²) in [4.78, 5) is 23.5. The van der Waals surface area contributed by atoms with Crippen molar-refractivity contribution in [3.05, 3.63) is 70.3 Å². The van der Waals surface area contributed by atoms with E-state index in [0.29, 0.717) is 17.0 Å². The molecule has 8 nitrogen and oxygen atoms in total. The molecule has 1 N–H and O–H groups in total. The maximum Gasteiger partial charge on any atom is 0.286 e. The summed E-state index contributed by atoms with van der Waals surface area (Å²) >= 11 is 0. The zero-order valence-corrected chi connectivity index (χ0v) is 14.3. The molecule has 0 saturated heterocycles. The summed E-state index contributed by atoms with van der Waals surface area (Å²) < 4.78 is 16.2. The Labute approximate surface area is 157 Å². The summed E-state index contributed by atoms with van der Waals surface area (Å²) in [6.45, 7) is -0.0399. The van der Waals surface area contributed by atoms with Crippen LogP contribution in [-0.4, -0.2) is 17.6 Å². The van der Waals surface area contributed by atoms with Crippen LogP contribution in [0.3, 0.4) is 0 Å². The van der Waals surface area contributed by atoms with E-state index in [2.05, 4.69) is 5.32 Å². The maximum absolute atomic E-state index is 12.7. The number of carbonyl (C=O) groups is 1. The first-order valence-corrected chi connectivity index (χ1v) is 8.41. The second kappa shape index (κ2) is 5.98. The summed E-state index contributed by atoms with van der Waals surface area (Å²) in [6.07, 6.45) is 0. The molecule has 8 heteroatoms. The minimum absolute atomic E-state index is 0.0399. The lowest BCUT2D eigenvalue weighted by atomic mass is 10.1. The monoisotopic (exact) mass is 376 g/mol. The number of nitro benzene ring substituents is 1. The molecule has 1 aliphatic heterocycles. The predicted octanol–water partition coefficient (Wildman–Crippen LogP) is 4.48. The Balaban J connectivity index is 1.53. The first-order chi connectivity index (χ1) is 13.6. The molecule has 28 heavy (non-hydrogen) atoms. The molecule has 0 saturated carbocycles. The Morgan fingerprint density at radius 2 is 1.71 bits per heavy atom. The minimum atomic E-state index is -0.621. The summed E-state index contributed by atoms with van der Waals surface area (Å²) in [5, 5.41) is 15.9. The highest BCUT2D eigenvalue weighted by Crippen LogP contribution is 2.38. The van der Waals surface area contributed by atoms with Crippen molar-refractivity contribution in [1.29, 1.82) is 0 Å². The van der Waals surface area contributed by atoms with Crippen LogP contribution in [0.15, 0.2) is 59.0 Å². The molecule has 0 unspecified atom stereocenters. The van der Waals surface area contributed by atoms with E-state index in [9.17, 15) is 14.9 Å². The number of nitrogens with zero attached hydrogens (tertiary/aromatic N) is 1. The van der Waals surface area contributed by atoms with Crippen LogP contribution >= 0.6 is 0 Å². The van der Waals surface area contributed by atoms with Gasteiger partial charge in [-0.15, -0.1) is 0 Å². The SMILES string of the molecule is O=C(Nc1ccc2oc3ccccc3c2c1)c1cc2c(cc1[N+](=O)[O-])OCO2. The molecule has 5 rings (SSSR count). The van der Waals surface area contributed by atoms with E-state index < -0.39 is 10.8 Å². The van der Waals surface area contributed by atoms with Crippen LogP contribution in [0.2, 0.25) is 0 Å². The number of benzene rings is 3. The number of anilines is 1. The summed E-state index contributed by atoms with van der Waals surface area (Å²) in [5.41, 5.74) is 1.47. The number of nitro groups is 1. The zero-order valence-electron chi connectivity index (χ0n) is 14.3. The topological polar surface area (TPSA) is 104 Å². The molecular formula is C20H12N2O6. The minimum Gasteiger partial charge on any atom is -0.456 e. The van der Waals surface area contributed by atoms with Gasteiger partial charge in [0.15, 0.2) is 11.5 Å². The molecule has 2 heterocycles. The number of amides is 1. The van der Waals surface area contributed by atoms with Gasteiger partial charge < -0.3 is 19.2 Å². The predicted molar refractivity (Wildman–Crippen MR) is 101 cm³/mol. The van der Waals surface area contributed by atoms with Gasteiger partial charge in [-0.3, -0.25) is 14.9 Å². The second-order valence-corrected chi connectivity index (χ2v) is 6.24. The van der Waals surface area contributed by atoms with Crippen molar-refractivity contribution in [3.63, 3.8) is 0 Å². The largest absolute Gasteiger partial charge is 0.456 e. The fourth-order valence-electron chi connectivity index (χ4n) is 3.27. The van der Waals surface area contributed by atoms with Crippen LogP contribution in [0, 0.1) is 10.1 Å². The summed E-state index contributed by atoms with van der Waals surface area (Å²) in [7, 11) is 0. The van der Waals surface area contributed by atoms with E-state index in [1.807, 2.05) is 24.3 Å². The van der Waals surface area contributed by atoms with Crippen LogP contribution < -0.4 is 14.8 Å². The average Bonchev–Trinajstić information content (AvgIpc) is 3.30. The summed E-state index contributed by atoms with van der Waals surface area (Å²) in [6, 6.07) is 15.3. The van der Waals surface area contributed by atoms with Gasteiger partial charge in [-0.1, -0.05) is 18.2 Å². The Morgan fingerprint density at radius 1 is 0.964 bits per heavy atom. The van der Waals surface area contributed by atoms with Gasteiger partial charge in [-0.2, -0.15) is 0 Å². The van der Waals surface area contributed by atoms with Crippen molar-refractivity contribution in [2.24, 2.45) is 0 Å². The third-order valence-corrected chi connectivity index (χ3v) is 4.57. The van der Waals surface area contributed by atoms with Gasteiger partial charge in [0.05, 0.1) is 11.0 Å². The Kier molecular flexibility index (Phi) is 3.45. The fourth-order valence-corrected chi connectivity index (χ4v) is 3.27. The van der Waals surface area contributed by atoms with E-state index in [1.54, 1.807) is 18.2 Å². The molecule has 4 aromatic rings. The Hall–Kier alpha value is -4.07. The normalized spacial score (nSPS) is 12.4. The van der Waals surface area contributed by atoms with Crippen LogP contribution in [-0.2, 0) is 0 Å². The van der Waals surface area contributed by atoms with E-state index in [-0.39, 0.29) is 23.8 Å². The summed E-state index contributed by atoms with van der Waals surface area (Å²) in [5.74, 6) is -0.0706. The number of rotatable bonds is 3. The first kappa shape index (κ1) is 16.1. The quantitative estimate of drug-likeness (QED) is 0.418. The first-order valence-electron chi connectivity index (χ1n) is 8.41. The van der Waals surface area contributed by atoms with Gasteiger partial charge in [0.1, 0.15) is 16.7 Å². The third-order valence-electron chi connectivity index (χ3n) is 4.57. The Bertz CT molecular complexity index is 1280. The van der Waals surface area contributed by atoms with Gasteiger partial charge >= 0.3 is 0 Å². The van der Waals surface area contributed by atoms with Gasteiger partial charge in [0, 0.05) is 22.5 Å². The Morgan fingerprint density at radius 3 is 2.54 bits per heavy atom. The van der Waals surface area contributed by atoms with Crippen molar-refractivity contribution in [3.8, 4) is 11.5 Å². The van der Waals surface area contributed by atoms with Crippen LogP contribution in [0.4, 0.5) is 11.4 Å². The molecule has 0 radical (unpaired) electrons. The van der Waals surface area contributed by atoms with Gasteiger partial charge in [-0.25, -0.2) is 0 Å². The van der Waals surface area contributed by atoms with Crippen molar-refractivity contribution in [2.75, 3.05) is 12.1 Å². The number of hydrogen-bond donors (Lipinski definition) is 1. The average molecular weight is 376 g/mol. The number of para-hydroxylation sites is 1. The van der Waals surface area contributed by atoms with E-state index in [1.165, 1.54) is 12.1 Å². The lowest BCUT2D eigenvalue weighted by Gasteiger charge is -2.07. The molecule has 0 spiro atoms. The lowest BCUT2D eigenvalue weighted by molar-refractivity contribution is -0.385. The molecule has 3 aromatic carbocycles. The number of carbonyl (C=O) groups excluding carboxylic acids is 1. The van der Waals surface area contributed by atoms with Gasteiger partial charge in [-0.05, 0) is 24.3 Å². The van der Waals surface area contributed by atoms with Crippen molar-refractivity contribution in [1.82, 2.24) is 0 Å². The smallest absolute Gasteiger partial charge is 0.286 e. The highest BCUT2D eigenvalue weighted by molar-refractivity contribution is 6.10. The molecule has 0 atom stereocenters. The maximum atomic E-state index is 12.7. The van der Waals surface area contributed by atoms with E-state index in [0.717, 1.165) is 16.4 Å². The number of hydrogen-bond acceptors (Lipinski definition) is 6.